The Balaban J connectivity index is 1.69. The molecule has 1 heterocycles. The quantitative estimate of drug-likeness (QED) is 0.857. The first-order chi connectivity index (χ1) is 13.0. The fourth-order valence-electron chi connectivity index (χ4n) is 4.52. The van der Waals surface area contributed by atoms with Gasteiger partial charge >= 0.3 is 6.18 Å². The van der Waals surface area contributed by atoms with Crippen molar-refractivity contribution in [1.82, 2.24) is 25.5 Å². The highest BCUT2D eigenvalue weighted by Crippen LogP contribution is 2.40. The monoisotopic (exact) mass is 379 g/mol. The molecule has 4 rings (SSSR count). The lowest BCUT2D eigenvalue weighted by atomic mass is 9.89. The van der Waals surface area contributed by atoms with E-state index >= 15 is 0 Å². The third-order valence-corrected chi connectivity index (χ3v) is 5.86. The molecule has 2 aromatic rings. The molecule has 0 amide bonds. The van der Waals surface area contributed by atoms with Gasteiger partial charge in [-0.25, -0.2) is 0 Å². The van der Waals surface area contributed by atoms with E-state index in [-0.39, 0.29) is 5.54 Å². The first-order valence-corrected chi connectivity index (χ1v) is 9.72. The van der Waals surface area contributed by atoms with E-state index in [0.717, 1.165) is 50.7 Å². The predicted octanol–water partition coefficient (Wildman–Crippen LogP) is 4.37. The minimum atomic E-state index is -4.39. The molecular weight excluding hydrogens is 355 g/mol. The minimum absolute atomic E-state index is 0.349. The highest BCUT2D eigenvalue weighted by Gasteiger charge is 2.42. The molecular formula is C19H24F3N5. The first kappa shape index (κ1) is 18.4. The molecule has 0 unspecified atom stereocenters. The van der Waals surface area contributed by atoms with Gasteiger partial charge in [-0.15, -0.1) is 5.10 Å². The van der Waals surface area contributed by atoms with E-state index in [9.17, 15) is 13.2 Å². The Morgan fingerprint density at radius 1 is 1.04 bits per heavy atom. The van der Waals surface area contributed by atoms with Crippen LogP contribution in [0.15, 0.2) is 24.3 Å². The molecule has 8 heteroatoms. The molecule has 0 atom stereocenters. The van der Waals surface area contributed by atoms with Crippen molar-refractivity contribution >= 4 is 0 Å². The van der Waals surface area contributed by atoms with Crippen molar-refractivity contribution in [2.75, 3.05) is 0 Å². The van der Waals surface area contributed by atoms with E-state index in [1.54, 1.807) is 6.07 Å². The van der Waals surface area contributed by atoms with Crippen molar-refractivity contribution < 1.29 is 13.2 Å². The molecule has 1 N–H and O–H groups in total. The maximum absolute atomic E-state index is 13.1. The number of hydrogen-bond donors (Lipinski definition) is 1. The molecule has 0 aliphatic heterocycles. The summed E-state index contributed by atoms with van der Waals surface area (Å²) in [5.41, 5.74) is -0.705. The van der Waals surface area contributed by atoms with Gasteiger partial charge in [0.05, 0.1) is 16.8 Å². The zero-order valence-electron chi connectivity index (χ0n) is 15.2. The summed E-state index contributed by atoms with van der Waals surface area (Å²) < 4.78 is 40.8. The molecule has 0 saturated heterocycles. The van der Waals surface area contributed by atoms with E-state index in [1.165, 1.54) is 30.0 Å². The summed E-state index contributed by atoms with van der Waals surface area (Å²) >= 11 is 0. The zero-order valence-corrected chi connectivity index (χ0v) is 15.2. The number of rotatable bonds is 4. The molecule has 1 aromatic carbocycles. The second kappa shape index (κ2) is 7.22. The Morgan fingerprint density at radius 3 is 2.48 bits per heavy atom. The highest BCUT2D eigenvalue weighted by atomic mass is 19.4. The lowest BCUT2D eigenvalue weighted by molar-refractivity contribution is -0.137. The summed E-state index contributed by atoms with van der Waals surface area (Å²) in [6.07, 6.45) is 5.51. The second-order valence-electron chi connectivity index (χ2n) is 7.73. The van der Waals surface area contributed by atoms with E-state index in [1.807, 2.05) is 0 Å². The molecule has 27 heavy (non-hydrogen) atoms. The van der Waals surface area contributed by atoms with Gasteiger partial charge in [0.25, 0.3) is 0 Å². The number of benzene rings is 1. The van der Waals surface area contributed by atoms with Gasteiger partial charge in [-0.2, -0.15) is 17.9 Å². The van der Waals surface area contributed by atoms with Gasteiger partial charge in [-0.05, 0) is 54.3 Å². The summed E-state index contributed by atoms with van der Waals surface area (Å²) in [5.74, 6) is 0.630. The van der Waals surface area contributed by atoms with Gasteiger partial charge in [-0.3, -0.25) is 0 Å². The Hall–Kier alpha value is -1.96. The number of nitrogens with zero attached hydrogens (tertiary/aromatic N) is 4. The van der Waals surface area contributed by atoms with Crippen LogP contribution in [-0.4, -0.2) is 26.2 Å². The fraction of sp³-hybridized carbons (Fsp3) is 0.632. The molecule has 2 aliphatic rings. The summed E-state index contributed by atoms with van der Waals surface area (Å²) in [4.78, 5) is 0. The molecule has 0 bridgehead atoms. The SMILES string of the molecule is FC(F)(F)c1cccc(-n2nnnc2C2(NC3CCCCC3)CCCC2)c1. The third kappa shape index (κ3) is 3.72. The lowest BCUT2D eigenvalue weighted by Gasteiger charge is -2.35. The van der Waals surface area contributed by atoms with Crippen LogP contribution in [0.1, 0.15) is 69.2 Å². The van der Waals surface area contributed by atoms with Gasteiger partial charge in [0.2, 0.25) is 0 Å². The second-order valence-corrected chi connectivity index (χ2v) is 7.73. The number of nitrogens with one attached hydrogen (secondary N) is 1. The average Bonchev–Trinajstić information content (AvgIpc) is 3.32. The third-order valence-electron chi connectivity index (χ3n) is 5.86. The number of halogens is 3. The van der Waals surface area contributed by atoms with Crippen molar-refractivity contribution in [2.24, 2.45) is 0 Å². The Labute approximate surface area is 156 Å². The van der Waals surface area contributed by atoms with Crippen molar-refractivity contribution in [3.8, 4) is 5.69 Å². The Bertz CT molecular complexity index is 774. The number of tetrazole rings is 1. The van der Waals surface area contributed by atoms with E-state index in [0.29, 0.717) is 17.6 Å². The summed E-state index contributed by atoms with van der Waals surface area (Å²) in [5, 5.41) is 15.9. The van der Waals surface area contributed by atoms with Crippen LogP contribution in [0, 0.1) is 0 Å². The van der Waals surface area contributed by atoms with Crippen molar-refractivity contribution in [3.63, 3.8) is 0 Å². The van der Waals surface area contributed by atoms with Crippen LogP contribution in [0.4, 0.5) is 13.2 Å². The van der Waals surface area contributed by atoms with Crippen LogP contribution in [0.3, 0.4) is 0 Å². The molecule has 2 aliphatic carbocycles. The number of aromatic nitrogens is 4. The van der Waals surface area contributed by atoms with Crippen molar-refractivity contribution in [2.45, 2.75) is 75.5 Å². The van der Waals surface area contributed by atoms with Gasteiger partial charge in [-0.1, -0.05) is 38.2 Å². The smallest absolute Gasteiger partial charge is 0.302 e. The van der Waals surface area contributed by atoms with E-state index < -0.39 is 11.7 Å². The average molecular weight is 379 g/mol. The van der Waals surface area contributed by atoms with Crippen LogP contribution < -0.4 is 5.32 Å². The van der Waals surface area contributed by atoms with Gasteiger partial charge in [0.15, 0.2) is 5.82 Å². The molecule has 146 valence electrons. The molecule has 2 saturated carbocycles. The maximum Gasteiger partial charge on any atom is 0.416 e. The lowest BCUT2D eigenvalue weighted by Crippen LogP contribution is -2.48. The first-order valence-electron chi connectivity index (χ1n) is 9.72. The normalized spacial score (nSPS) is 20.9. The van der Waals surface area contributed by atoms with Crippen molar-refractivity contribution in [1.29, 1.82) is 0 Å². The molecule has 1 aromatic heterocycles. The zero-order chi connectivity index (χ0) is 18.9. The maximum atomic E-state index is 13.1. The summed E-state index contributed by atoms with van der Waals surface area (Å²) in [6, 6.07) is 5.63. The van der Waals surface area contributed by atoms with Crippen molar-refractivity contribution in [3.05, 3.63) is 35.7 Å². The van der Waals surface area contributed by atoms with Crippen LogP contribution in [0.25, 0.3) is 5.69 Å². The van der Waals surface area contributed by atoms with E-state index in [2.05, 4.69) is 20.8 Å². The summed E-state index contributed by atoms with van der Waals surface area (Å²) in [6.45, 7) is 0. The molecule has 5 nitrogen and oxygen atoms in total. The molecule has 0 radical (unpaired) electrons. The standard InChI is InChI=1S/C19H24F3N5/c20-19(21,22)14-7-6-10-16(13-14)27-17(24-25-26-27)18(11-4-5-12-18)23-15-8-2-1-3-9-15/h6-7,10,13,15,23H,1-5,8-9,11-12H2. The topological polar surface area (TPSA) is 55.6 Å². The Morgan fingerprint density at radius 2 is 1.78 bits per heavy atom. The van der Waals surface area contributed by atoms with Crippen LogP contribution in [-0.2, 0) is 11.7 Å². The van der Waals surface area contributed by atoms with Crippen LogP contribution in [0.5, 0.6) is 0 Å². The predicted molar refractivity (Wildman–Crippen MR) is 94.3 cm³/mol. The fourth-order valence-corrected chi connectivity index (χ4v) is 4.52. The molecule has 2 fully saturated rings. The number of hydrogen-bond acceptors (Lipinski definition) is 4. The highest BCUT2D eigenvalue weighted by molar-refractivity contribution is 5.37. The largest absolute Gasteiger partial charge is 0.416 e. The van der Waals surface area contributed by atoms with E-state index in [4.69, 9.17) is 0 Å². The van der Waals surface area contributed by atoms with Gasteiger partial charge in [0, 0.05) is 6.04 Å². The molecule has 0 spiro atoms. The van der Waals surface area contributed by atoms with Crippen LogP contribution in [0.2, 0.25) is 0 Å². The summed E-state index contributed by atoms with van der Waals surface area (Å²) in [7, 11) is 0. The minimum Gasteiger partial charge on any atom is -0.302 e. The Kier molecular flexibility index (Phi) is 4.92. The van der Waals surface area contributed by atoms with Gasteiger partial charge in [0.1, 0.15) is 0 Å². The number of alkyl halides is 3. The van der Waals surface area contributed by atoms with Gasteiger partial charge < -0.3 is 5.32 Å². The van der Waals surface area contributed by atoms with Crippen LogP contribution >= 0.6 is 0 Å².